The van der Waals surface area contributed by atoms with Crippen molar-refractivity contribution in [2.24, 2.45) is 0 Å². The Morgan fingerprint density at radius 1 is 1.50 bits per heavy atom. The zero-order chi connectivity index (χ0) is 4.62. The minimum Gasteiger partial charge on any atom is -0.358 e. The molecule has 0 aliphatic heterocycles. The Hall–Kier alpha value is 0.648. The Labute approximate surface area is 66.5 Å². The van der Waals surface area contributed by atoms with Gasteiger partial charge in [-0.1, -0.05) is 12.8 Å². The van der Waals surface area contributed by atoms with Crippen molar-refractivity contribution in [1.82, 2.24) is 5.32 Å². The predicted molar refractivity (Wildman–Crippen MR) is 32.8 cm³/mol. The molecule has 0 heterocycles. The van der Waals surface area contributed by atoms with Gasteiger partial charge in [0.2, 0.25) is 0 Å². The average Bonchev–Trinajstić information content (AvgIpc) is 2.22. The molecule has 1 aliphatic rings. The molecule has 1 saturated carbocycles. The largest absolute Gasteiger partial charge is 2.00 e. The summed E-state index contributed by atoms with van der Waals surface area (Å²) in [5.41, 5.74) is 0.292. The van der Waals surface area contributed by atoms with Gasteiger partial charge in [-0.3, -0.25) is 0 Å². The van der Waals surface area contributed by atoms with E-state index in [9.17, 15) is 0 Å². The summed E-state index contributed by atoms with van der Waals surface area (Å²) in [6, 6.07) is 0. The molecular formula is C6H13NW. The second-order valence-corrected chi connectivity index (χ2v) is 2.03. The molecule has 1 nitrogen and oxygen atoms in total. The molecule has 0 amide bonds. The molecule has 1 N–H and O–H groups in total. The van der Waals surface area contributed by atoms with Gasteiger partial charge in [-0.05, 0) is 7.05 Å². The molecule has 8 heavy (non-hydrogen) atoms. The second kappa shape index (κ2) is 3.63. The third kappa shape index (κ3) is 2.84. The number of hydrogen-bond donors (Lipinski definition) is 1. The smallest absolute Gasteiger partial charge is 0.358 e. The topological polar surface area (TPSA) is 12.0 Å². The molecular weight excluding hydrogens is 270 g/mol. The summed E-state index contributed by atoms with van der Waals surface area (Å²) in [5, 5.41) is 3.10. The maximum Gasteiger partial charge on any atom is 2.00 e. The van der Waals surface area contributed by atoms with E-state index in [0.717, 1.165) is 0 Å². The van der Waals surface area contributed by atoms with E-state index in [-0.39, 0.29) is 28.5 Å². The molecule has 0 aromatic heterocycles. The Bertz CT molecular complexity index is 59.5. The molecule has 1 aliphatic carbocycles. The summed E-state index contributed by atoms with van der Waals surface area (Å²) in [6.07, 6.45) is 2.51. The van der Waals surface area contributed by atoms with Crippen LogP contribution in [0.15, 0.2) is 0 Å². The van der Waals surface area contributed by atoms with Crippen LogP contribution in [-0.4, -0.2) is 12.6 Å². The van der Waals surface area contributed by atoms with Gasteiger partial charge in [0.25, 0.3) is 0 Å². The summed E-state index contributed by atoms with van der Waals surface area (Å²) < 4.78 is 0. The van der Waals surface area contributed by atoms with Gasteiger partial charge in [0.1, 0.15) is 0 Å². The van der Waals surface area contributed by atoms with Gasteiger partial charge in [0.05, 0.1) is 0 Å². The van der Waals surface area contributed by atoms with E-state index in [4.69, 9.17) is 0 Å². The van der Waals surface area contributed by atoms with E-state index >= 15 is 0 Å². The molecule has 0 bridgehead atoms. The van der Waals surface area contributed by atoms with Crippen LogP contribution in [0, 0.1) is 14.4 Å². The average molecular weight is 283 g/mol. The summed E-state index contributed by atoms with van der Waals surface area (Å²) in [5.74, 6) is 0. The van der Waals surface area contributed by atoms with Gasteiger partial charge < -0.3 is 19.7 Å². The number of nitrogens with one attached hydrogen (secondary N) is 1. The first-order valence-electron chi connectivity index (χ1n) is 2.31. The Balaban J connectivity index is 0. The van der Waals surface area contributed by atoms with Crippen LogP contribution in [0.3, 0.4) is 0 Å². The maximum atomic E-state index is 3.89. The first kappa shape index (κ1) is 11.4. The van der Waals surface area contributed by atoms with E-state index in [1.54, 1.807) is 0 Å². The molecule has 48 valence electrons. The van der Waals surface area contributed by atoms with Gasteiger partial charge in [0.15, 0.2) is 0 Å². The van der Waals surface area contributed by atoms with Crippen LogP contribution in [0.5, 0.6) is 0 Å². The Morgan fingerprint density at radius 2 is 1.88 bits per heavy atom. The Morgan fingerprint density at radius 3 is 1.88 bits per heavy atom. The van der Waals surface area contributed by atoms with Crippen molar-refractivity contribution in [2.75, 3.05) is 7.05 Å². The van der Waals surface area contributed by atoms with Crippen molar-refractivity contribution in [3.05, 3.63) is 14.4 Å². The van der Waals surface area contributed by atoms with E-state index in [0.29, 0.717) is 5.54 Å². The quantitative estimate of drug-likeness (QED) is 0.708. The van der Waals surface area contributed by atoms with Gasteiger partial charge >= 0.3 is 21.1 Å². The summed E-state index contributed by atoms with van der Waals surface area (Å²) in [6.45, 7) is 3.89. The molecule has 0 radical (unpaired) electrons. The monoisotopic (exact) mass is 283 g/mol. The molecule has 0 spiro atoms. The minimum absolute atomic E-state index is 0. The maximum absolute atomic E-state index is 3.89. The standard InChI is InChI=1S/C5H10N.CH3.W/c1-5(6-2)3-4-5;;/h6H,1,3-4H2,2H3;1H3;/q2*-1;+2. The summed E-state index contributed by atoms with van der Waals surface area (Å²) in [7, 11) is 1.96. The van der Waals surface area contributed by atoms with Gasteiger partial charge in [0, 0.05) is 0 Å². The predicted octanol–water partition coefficient (Wildman–Crippen LogP) is 1.02. The summed E-state index contributed by atoms with van der Waals surface area (Å²) >= 11 is 0. The zero-order valence-corrected chi connectivity index (χ0v) is 8.46. The Kier molecular flexibility index (Phi) is 5.20. The third-order valence-corrected chi connectivity index (χ3v) is 1.38. The van der Waals surface area contributed by atoms with Crippen molar-refractivity contribution in [1.29, 1.82) is 0 Å². The van der Waals surface area contributed by atoms with Crippen molar-refractivity contribution in [3.8, 4) is 0 Å². The van der Waals surface area contributed by atoms with E-state index in [2.05, 4.69) is 12.2 Å². The van der Waals surface area contributed by atoms with Crippen molar-refractivity contribution in [2.45, 2.75) is 18.4 Å². The van der Waals surface area contributed by atoms with E-state index < -0.39 is 0 Å². The number of hydrogen-bond acceptors (Lipinski definition) is 1. The van der Waals surface area contributed by atoms with E-state index in [1.807, 2.05) is 7.05 Å². The van der Waals surface area contributed by atoms with Crippen molar-refractivity contribution < 1.29 is 21.1 Å². The molecule has 0 atom stereocenters. The van der Waals surface area contributed by atoms with Crippen molar-refractivity contribution >= 4 is 0 Å². The molecule has 1 fully saturated rings. The van der Waals surface area contributed by atoms with Gasteiger partial charge in [-0.25, -0.2) is 0 Å². The van der Waals surface area contributed by atoms with Crippen LogP contribution in [0.2, 0.25) is 0 Å². The van der Waals surface area contributed by atoms with Crippen LogP contribution >= 0.6 is 0 Å². The first-order chi connectivity index (χ1) is 2.77. The van der Waals surface area contributed by atoms with E-state index in [1.165, 1.54) is 12.8 Å². The van der Waals surface area contributed by atoms with Crippen LogP contribution in [0.1, 0.15) is 12.8 Å². The molecule has 0 saturated heterocycles. The molecule has 0 unspecified atom stereocenters. The van der Waals surface area contributed by atoms with Gasteiger partial charge in [-0.15, -0.1) is 5.54 Å². The normalized spacial score (nSPS) is 20.2. The molecule has 1 rings (SSSR count). The number of rotatable bonds is 1. The van der Waals surface area contributed by atoms with Crippen LogP contribution in [-0.2, 0) is 21.1 Å². The molecule has 0 aromatic carbocycles. The minimum atomic E-state index is 0. The van der Waals surface area contributed by atoms with Crippen LogP contribution in [0.4, 0.5) is 0 Å². The van der Waals surface area contributed by atoms with Crippen LogP contribution < -0.4 is 5.32 Å². The molecule has 2 heteroatoms. The zero-order valence-electron chi connectivity index (χ0n) is 5.53. The van der Waals surface area contributed by atoms with Crippen LogP contribution in [0.25, 0.3) is 0 Å². The first-order valence-corrected chi connectivity index (χ1v) is 2.31. The fourth-order valence-electron chi connectivity index (χ4n) is 0.401. The van der Waals surface area contributed by atoms with Crippen molar-refractivity contribution in [3.63, 3.8) is 0 Å². The fourth-order valence-corrected chi connectivity index (χ4v) is 0.401. The fraction of sp³-hybridized carbons (Fsp3) is 0.667. The summed E-state index contributed by atoms with van der Waals surface area (Å²) in [4.78, 5) is 0. The van der Waals surface area contributed by atoms with Gasteiger partial charge in [-0.2, -0.15) is 0 Å². The molecule has 0 aromatic rings. The SMILES string of the molecule is [CH2-]C1(NC)CC1.[CH3-].[W+2]. The third-order valence-electron chi connectivity index (χ3n) is 1.38. The second-order valence-electron chi connectivity index (χ2n) is 2.03.